The van der Waals surface area contributed by atoms with Crippen molar-refractivity contribution in [3.8, 4) is 0 Å². The largest absolute Gasteiger partial charge is 0.370 e. The summed E-state index contributed by atoms with van der Waals surface area (Å²) in [5.41, 5.74) is 6.90. The molecule has 72 valence electrons. The van der Waals surface area contributed by atoms with Crippen molar-refractivity contribution in [3.05, 3.63) is 22.4 Å². The first-order valence-electron chi connectivity index (χ1n) is 4.37. The number of hydrogen-bond acceptors (Lipinski definition) is 2. The Morgan fingerprint density at radius 2 is 2.54 bits per heavy atom. The van der Waals surface area contributed by atoms with Crippen LogP contribution in [0.5, 0.6) is 0 Å². The monoisotopic (exact) mass is 197 g/mol. The molecule has 1 aromatic heterocycles. The van der Waals surface area contributed by atoms with Crippen molar-refractivity contribution < 1.29 is 0 Å². The zero-order chi connectivity index (χ0) is 9.52. The van der Waals surface area contributed by atoms with Gasteiger partial charge in [0.05, 0.1) is 0 Å². The highest BCUT2D eigenvalue weighted by molar-refractivity contribution is 7.07. The third kappa shape index (κ3) is 3.94. The van der Waals surface area contributed by atoms with E-state index in [-0.39, 0.29) is 0 Å². The van der Waals surface area contributed by atoms with Gasteiger partial charge < -0.3 is 11.1 Å². The second-order valence-corrected chi connectivity index (χ2v) is 3.46. The van der Waals surface area contributed by atoms with Crippen LogP contribution in [0, 0.1) is 0 Å². The number of rotatable bonds is 4. The number of thiophene rings is 1. The van der Waals surface area contributed by atoms with Gasteiger partial charge in [0.15, 0.2) is 5.96 Å². The maximum absolute atomic E-state index is 5.57. The number of nitrogens with one attached hydrogen (secondary N) is 1. The number of aliphatic imine (C=N–C) groups is 1. The maximum Gasteiger partial charge on any atom is 0.188 e. The van der Waals surface area contributed by atoms with Crippen LogP contribution in [0.25, 0.3) is 0 Å². The minimum Gasteiger partial charge on any atom is -0.370 e. The number of guanidine groups is 1. The molecule has 0 atom stereocenters. The molecule has 0 amide bonds. The van der Waals surface area contributed by atoms with Gasteiger partial charge in [-0.15, -0.1) is 0 Å². The smallest absolute Gasteiger partial charge is 0.188 e. The maximum atomic E-state index is 5.57. The second-order valence-electron chi connectivity index (χ2n) is 2.68. The molecule has 0 saturated heterocycles. The SMILES string of the molecule is CCNC(N)=NCCc1ccsc1. The van der Waals surface area contributed by atoms with Crippen LogP contribution in [0.2, 0.25) is 0 Å². The minimum absolute atomic E-state index is 0.540. The molecular formula is C9H15N3S. The fourth-order valence-corrected chi connectivity index (χ4v) is 1.68. The summed E-state index contributed by atoms with van der Waals surface area (Å²) in [6.45, 7) is 3.59. The van der Waals surface area contributed by atoms with E-state index in [1.807, 2.05) is 6.92 Å². The molecule has 1 rings (SSSR count). The van der Waals surface area contributed by atoms with E-state index in [9.17, 15) is 0 Å². The summed E-state index contributed by atoms with van der Waals surface area (Å²) in [5.74, 6) is 0.540. The van der Waals surface area contributed by atoms with Crippen molar-refractivity contribution in [2.75, 3.05) is 13.1 Å². The van der Waals surface area contributed by atoms with Gasteiger partial charge >= 0.3 is 0 Å². The van der Waals surface area contributed by atoms with Gasteiger partial charge in [-0.2, -0.15) is 11.3 Å². The van der Waals surface area contributed by atoms with Crippen LogP contribution in [-0.4, -0.2) is 19.0 Å². The Hall–Kier alpha value is -1.03. The van der Waals surface area contributed by atoms with Crippen molar-refractivity contribution in [3.63, 3.8) is 0 Å². The van der Waals surface area contributed by atoms with Crippen LogP contribution in [-0.2, 0) is 6.42 Å². The third-order valence-electron chi connectivity index (χ3n) is 1.62. The summed E-state index contributed by atoms with van der Waals surface area (Å²) in [7, 11) is 0. The fraction of sp³-hybridized carbons (Fsp3) is 0.444. The molecular weight excluding hydrogens is 182 g/mol. The van der Waals surface area contributed by atoms with E-state index in [1.165, 1.54) is 5.56 Å². The summed E-state index contributed by atoms with van der Waals surface area (Å²) >= 11 is 1.71. The van der Waals surface area contributed by atoms with E-state index < -0.39 is 0 Å². The zero-order valence-electron chi connectivity index (χ0n) is 7.79. The van der Waals surface area contributed by atoms with Crippen molar-refractivity contribution in [2.24, 2.45) is 10.7 Å². The van der Waals surface area contributed by atoms with Crippen LogP contribution in [0.1, 0.15) is 12.5 Å². The van der Waals surface area contributed by atoms with Gasteiger partial charge in [-0.1, -0.05) is 0 Å². The highest BCUT2D eigenvalue weighted by Gasteiger charge is 1.92. The van der Waals surface area contributed by atoms with E-state index in [0.29, 0.717) is 5.96 Å². The molecule has 0 spiro atoms. The minimum atomic E-state index is 0.540. The Morgan fingerprint density at radius 3 is 3.15 bits per heavy atom. The zero-order valence-corrected chi connectivity index (χ0v) is 8.60. The summed E-state index contributed by atoms with van der Waals surface area (Å²) in [4.78, 5) is 4.18. The number of nitrogens with zero attached hydrogens (tertiary/aromatic N) is 1. The quantitative estimate of drug-likeness (QED) is 0.563. The van der Waals surface area contributed by atoms with Gasteiger partial charge in [-0.05, 0) is 35.7 Å². The molecule has 3 nitrogen and oxygen atoms in total. The first-order chi connectivity index (χ1) is 6.33. The van der Waals surface area contributed by atoms with Gasteiger partial charge in [0, 0.05) is 13.1 Å². The van der Waals surface area contributed by atoms with Gasteiger partial charge in [0.2, 0.25) is 0 Å². The summed E-state index contributed by atoms with van der Waals surface area (Å²) < 4.78 is 0. The van der Waals surface area contributed by atoms with Crippen molar-refractivity contribution in [1.29, 1.82) is 0 Å². The van der Waals surface area contributed by atoms with Gasteiger partial charge in [0.25, 0.3) is 0 Å². The fourth-order valence-electron chi connectivity index (χ4n) is 0.977. The number of nitrogens with two attached hydrogens (primary N) is 1. The van der Waals surface area contributed by atoms with Crippen LogP contribution in [0.15, 0.2) is 21.8 Å². The van der Waals surface area contributed by atoms with Gasteiger partial charge in [0.1, 0.15) is 0 Å². The molecule has 0 unspecified atom stereocenters. The van der Waals surface area contributed by atoms with Gasteiger partial charge in [-0.25, -0.2) is 0 Å². The normalized spacial score (nSPS) is 11.6. The van der Waals surface area contributed by atoms with E-state index in [2.05, 4.69) is 27.1 Å². The molecule has 4 heteroatoms. The summed E-state index contributed by atoms with van der Waals surface area (Å²) in [6, 6.07) is 2.11. The van der Waals surface area contributed by atoms with Crippen molar-refractivity contribution in [1.82, 2.24) is 5.32 Å². The molecule has 0 aliphatic heterocycles. The molecule has 0 aliphatic rings. The molecule has 1 heterocycles. The van der Waals surface area contributed by atoms with Crippen LogP contribution in [0.3, 0.4) is 0 Å². The molecule has 3 N–H and O–H groups in total. The van der Waals surface area contributed by atoms with Crippen LogP contribution < -0.4 is 11.1 Å². The van der Waals surface area contributed by atoms with E-state index in [4.69, 9.17) is 5.73 Å². The molecule has 0 fully saturated rings. The molecule has 0 bridgehead atoms. The standard InChI is InChI=1S/C9H15N3S/c1-2-11-9(10)12-5-3-8-4-6-13-7-8/h4,6-7H,2-3,5H2,1H3,(H3,10,11,12). The van der Waals surface area contributed by atoms with Crippen molar-refractivity contribution in [2.45, 2.75) is 13.3 Å². The lowest BCUT2D eigenvalue weighted by Crippen LogP contribution is -2.31. The highest BCUT2D eigenvalue weighted by Crippen LogP contribution is 2.06. The Balaban J connectivity index is 2.24. The molecule has 0 aromatic carbocycles. The molecule has 13 heavy (non-hydrogen) atoms. The Morgan fingerprint density at radius 1 is 1.69 bits per heavy atom. The van der Waals surface area contributed by atoms with E-state index in [0.717, 1.165) is 19.5 Å². The Kier molecular flexibility index (Phi) is 4.32. The van der Waals surface area contributed by atoms with Crippen LogP contribution >= 0.6 is 11.3 Å². The molecule has 0 aliphatic carbocycles. The van der Waals surface area contributed by atoms with E-state index >= 15 is 0 Å². The second kappa shape index (κ2) is 5.59. The first kappa shape index (κ1) is 10.1. The average molecular weight is 197 g/mol. The Bertz CT molecular complexity index is 254. The topological polar surface area (TPSA) is 50.4 Å². The average Bonchev–Trinajstić information content (AvgIpc) is 2.57. The number of hydrogen-bond donors (Lipinski definition) is 2. The lowest BCUT2D eigenvalue weighted by Gasteiger charge is -2.00. The lowest BCUT2D eigenvalue weighted by atomic mass is 10.2. The van der Waals surface area contributed by atoms with Crippen molar-refractivity contribution >= 4 is 17.3 Å². The molecule has 0 radical (unpaired) electrons. The molecule has 0 saturated carbocycles. The summed E-state index contributed by atoms with van der Waals surface area (Å²) in [5, 5.41) is 7.17. The van der Waals surface area contributed by atoms with E-state index in [1.54, 1.807) is 11.3 Å². The summed E-state index contributed by atoms with van der Waals surface area (Å²) in [6.07, 6.45) is 0.968. The van der Waals surface area contributed by atoms with Crippen LogP contribution in [0.4, 0.5) is 0 Å². The lowest BCUT2D eigenvalue weighted by molar-refractivity contribution is 0.907. The first-order valence-corrected chi connectivity index (χ1v) is 5.32. The highest BCUT2D eigenvalue weighted by atomic mass is 32.1. The van der Waals surface area contributed by atoms with Gasteiger partial charge in [-0.3, -0.25) is 4.99 Å². The molecule has 1 aromatic rings. The Labute approximate surface area is 82.7 Å². The predicted octanol–water partition coefficient (Wildman–Crippen LogP) is 1.21. The predicted molar refractivity (Wildman–Crippen MR) is 58.2 cm³/mol. The third-order valence-corrected chi connectivity index (χ3v) is 2.35.